The molecule has 19 heavy (non-hydrogen) atoms. The second kappa shape index (κ2) is 5.89. The van der Waals surface area contributed by atoms with Crippen LogP contribution in [0.25, 0.3) is 0 Å². The van der Waals surface area contributed by atoms with Gasteiger partial charge in [-0.1, -0.05) is 22.9 Å². The minimum atomic E-state index is -3.62. The molecule has 0 amide bonds. The van der Waals surface area contributed by atoms with E-state index in [1.165, 1.54) is 0 Å². The molecule has 0 atom stereocenters. The third-order valence-electron chi connectivity index (χ3n) is 2.87. The fourth-order valence-electron chi connectivity index (χ4n) is 2.08. The summed E-state index contributed by atoms with van der Waals surface area (Å²) >= 11 is 3.39. The molecule has 0 N–H and O–H groups in total. The number of ether oxygens (including phenoxy) is 2. The second-order valence-corrected chi connectivity index (χ2v) is 7.86. The lowest BCUT2D eigenvalue weighted by atomic mass is 10.0. The largest absolute Gasteiger partial charge is 0.490 e. The summed E-state index contributed by atoms with van der Waals surface area (Å²) in [4.78, 5) is 0. The first-order valence-corrected chi connectivity index (χ1v) is 9.21. The van der Waals surface area contributed by atoms with Gasteiger partial charge < -0.3 is 9.47 Å². The maximum absolute atomic E-state index is 11.3. The third kappa shape index (κ3) is 3.55. The molecule has 0 bridgehead atoms. The molecule has 0 aliphatic carbocycles. The lowest BCUT2D eigenvalue weighted by Gasteiger charge is -2.17. The Morgan fingerprint density at radius 3 is 2.63 bits per heavy atom. The van der Waals surface area contributed by atoms with Crippen molar-refractivity contribution >= 4 is 35.7 Å². The molecule has 106 valence electrons. The molecule has 1 heterocycles. The zero-order valence-corrected chi connectivity index (χ0v) is 13.6. The van der Waals surface area contributed by atoms with E-state index >= 15 is 0 Å². The van der Waals surface area contributed by atoms with Gasteiger partial charge in [0.15, 0.2) is 11.5 Å². The molecule has 0 spiro atoms. The number of fused-ring (bicyclic) bond motifs is 1. The van der Waals surface area contributed by atoms with E-state index in [2.05, 4.69) is 15.9 Å². The summed E-state index contributed by atoms with van der Waals surface area (Å²) in [6.07, 6.45) is 1.45. The molecule has 2 rings (SSSR count). The van der Waals surface area contributed by atoms with Gasteiger partial charge in [0.1, 0.15) is 0 Å². The van der Waals surface area contributed by atoms with Crippen molar-refractivity contribution in [2.75, 3.05) is 13.2 Å². The molecule has 1 aliphatic rings. The maximum Gasteiger partial charge on any atom is 0.236 e. The second-order valence-electron chi connectivity index (χ2n) is 4.23. The fraction of sp³-hybridized carbons (Fsp3) is 0.500. The van der Waals surface area contributed by atoms with Crippen LogP contribution in [0, 0.1) is 0 Å². The Morgan fingerprint density at radius 1 is 1.32 bits per heavy atom. The zero-order valence-electron chi connectivity index (χ0n) is 10.4. The van der Waals surface area contributed by atoms with Crippen LogP contribution in [0.2, 0.25) is 0 Å². The van der Waals surface area contributed by atoms with Gasteiger partial charge >= 0.3 is 0 Å². The van der Waals surface area contributed by atoms with E-state index in [-0.39, 0.29) is 5.75 Å². The van der Waals surface area contributed by atoms with Crippen molar-refractivity contribution in [1.82, 2.24) is 0 Å². The average Bonchev–Trinajstić information content (AvgIpc) is 2.53. The highest BCUT2D eigenvalue weighted by molar-refractivity contribution is 9.10. The first-order chi connectivity index (χ1) is 8.92. The Labute approximate surface area is 125 Å². The van der Waals surface area contributed by atoms with Gasteiger partial charge in [-0.25, -0.2) is 8.42 Å². The van der Waals surface area contributed by atoms with Crippen molar-refractivity contribution in [3.05, 3.63) is 21.7 Å². The number of halogens is 2. The molecule has 1 aromatic carbocycles. The van der Waals surface area contributed by atoms with Gasteiger partial charge in [-0.2, -0.15) is 0 Å². The molecular weight excluding hydrogens is 356 g/mol. The van der Waals surface area contributed by atoms with Gasteiger partial charge in [0.2, 0.25) is 9.05 Å². The van der Waals surface area contributed by atoms with Crippen LogP contribution >= 0.6 is 26.6 Å². The van der Waals surface area contributed by atoms with Crippen LogP contribution in [0.3, 0.4) is 0 Å². The van der Waals surface area contributed by atoms with Crippen LogP contribution in [0.1, 0.15) is 24.5 Å². The highest BCUT2D eigenvalue weighted by Crippen LogP contribution is 2.41. The molecular formula is C12H14BrClO4S. The summed E-state index contributed by atoms with van der Waals surface area (Å²) in [5.41, 5.74) is 1.47. The molecule has 0 aromatic heterocycles. The predicted octanol–water partition coefficient (Wildman–Crippen LogP) is 3.24. The van der Waals surface area contributed by atoms with Crippen molar-refractivity contribution < 1.29 is 17.9 Å². The molecule has 0 fully saturated rings. The standard InChI is InChI=1S/C12H14BrClO4S/c1-2-8-9(7-19(14,15)16)10(13)6-11-12(8)18-5-3-4-17-11/h6H,2-5,7H2,1H3. The minimum absolute atomic E-state index is 0.227. The number of benzene rings is 1. The van der Waals surface area contributed by atoms with Crippen molar-refractivity contribution in [2.45, 2.75) is 25.5 Å². The SMILES string of the molecule is CCc1c(CS(=O)(=O)Cl)c(Br)cc2c1OCCCO2. The van der Waals surface area contributed by atoms with Crippen LogP contribution in [0.4, 0.5) is 0 Å². The summed E-state index contributed by atoms with van der Waals surface area (Å²) in [7, 11) is 1.74. The Bertz CT molecular complexity index is 586. The van der Waals surface area contributed by atoms with Crippen molar-refractivity contribution in [2.24, 2.45) is 0 Å². The predicted molar refractivity (Wildman–Crippen MR) is 77.6 cm³/mol. The highest BCUT2D eigenvalue weighted by Gasteiger charge is 2.22. The highest BCUT2D eigenvalue weighted by atomic mass is 79.9. The minimum Gasteiger partial charge on any atom is -0.490 e. The number of hydrogen-bond acceptors (Lipinski definition) is 4. The van der Waals surface area contributed by atoms with E-state index in [4.69, 9.17) is 20.2 Å². The Balaban J connectivity index is 2.57. The third-order valence-corrected chi connectivity index (χ3v) is 4.54. The van der Waals surface area contributed by atoms with E-state index in [0.29, 0.717) is 41.2 Å². The van der Waals surface area contributed by atoms with E-state index in [1.54, 1.807) is 6.07 Å². The molecule has 0 unspecified atom stereocenters. The molecule has 1 aromatic rings. The Morgan fingerprint density at radius 2 is 2.00 bits per heavy atom. The molecule has 0 saturated carbocycles. The normalized spacial score (nSPS) is 15.1. The van der Waals surface area contributed by atoms with E-state index in [1.807, 2.05) is 6.92 Å². The van der Waals surface area contributed by atoms with Crippen LogP contribution in [-0.4, -0.2) is 21.6 Å². The lowest BCUT2D eigenvalue weighted by molar-refractivity contribution is 0.296. The van der Waals surface area contributed by atoms with Gasteiger partial charge in [0.05, 0.1) is 19.0 Å². The smallest absolute Gasteiger partial charge is 0.236 e. The topological polar surface area (TPSA) is 52.6 Å². The monoisotopic (exact) mass is 368 g/mol. The molecule has 1 aliphatic heterocycles. The Kier molecular flexibility index (Phi) is 4.63. The number of hydrogen-bond donors (Lipinski definition) is 0. The zero-order chi connectivity index (χ0) is 14.0. The molecule has 7 heteroatoms. The first-order valence-electron chi connectivity index (χ1n) is 5.94. The van der Waals surface area contributed by atoms with Crippen molar-refractivity contribution in [3.8, 4) is 11.5 Å². The molecule has 0 saturated heterocycles. The summed E-state index contributed by atoms with van der Waals surface area (Å²) in [5.74, 6) is 1.06. The van der Waals surface area contributed by atoms with Crippen LogP contribution in [0.15, 0.2) is 10.5 Å². The van der Waals surface area contributed by atoms with Gasteiger partial charge in [-0.15, -0.1) is 0 Å². The maximum atomic E-state index is 11.3. The average molecular weight is 370 g/mol. The van der Waals surface area contributed by atoms with E-state index in [9.17, 15) is 8.42 Å². The van der Waals surface area contributed by atoms with Gasteiger partial charge in [0.25, 0.3) is 0 Å². The summed E-state index contributed by atoms with van der Waals surface area (Å²) in [6, 6.07) is 1.75. The summed E-state index contributed by atoms with van der Waals surface area (Å²) in [5, 5.41) is 0. The van der Waals surface area contributed by atoms with Crippen LogP contribution in [-0.2, 0) is 21.2 Å². The Hall–Kier alpha value is -0.460. The van der Waals surface area contributed by atoms with E-state index in [0.717, 1.165) is 12.0 Å². The van der Waals surface area contributed by atoms with Gasteiger partial charge in [0, 0.05) is 27.1 Å². The van der Waals surface area contributed by atoms with Crippen molar-refractivity contribution in [1.29, 1.82) is 0 Å². The molecule has 4 nitrogen and oxygen atoms in total. The molecule has 0 radical (unpaired) electrons. The van der Waals surface area contributed by atoms with Crippen molar-refractivity contribution in [3.63, 3.8) is 0 Å². The number of rotatable bonds is 3. The van der Waals surface area contributed by atoms with Crippen LogP contribution < -0.4 is 9.47 Å². The lowest BCUT2D eigenvalue weighted by Crippen LogP contribution is -2.05. The summed E-state index contributed by atoms with van der Waals surface area (Å²) < 4.78 is 34.7. The first kappa shape index (κ1) is 14.9. The fourth-order valence-corrected chi connectivity index (χ4v) is 3.86. The van der Waals surface area contributed by atoms with Gasteiger partial charge in [-0.3, -0.25) is 0 Å². The van der Waals surface area contributed by atoms with Crippen LogP contribution in [0.5, 0.6) is 11.5 Å². The quantitative estimate of drug-likeness (QED) is 0.768. The van der Waals surface area contributed by atoms with Gasteiger partial charge in [-0.05, 0) is 18.1 Å². The van der Waals surface area contributed by atoms with E-state index < -0.39 is 9.05 Å². The summed E-state index contributed by atoms with van der Waals surface area (Å²) in [6.45, 7) is 3.10.